The normalized spacial score (nSPS) is 10.2. The molecular weight excluding hydrogens is 326 g/mol. The van der Waals surface area contributed by atoms with Crippen LogP contribution in [0.3, 0.4) is 0 Å². The smallest absolute Gasteiger partial charge is 0.358 e. The summed E-state index contributed by atoms with van der Waals surface area (Å²) >= 11 is 0. The number of hydrogen-bond donors (Lipinski definition) is 1. The Balaban J connectivity index is 2.27. The van der Waals surface area contributed by atoms with Crippen molar-refractivity contribution in [1.82, 2.24) is 9.78 Å². The first kappa shape index (κ1) is 18.3. The second kappa shape index (κ2) is 8.18. The topological polar surface area (TPSA) is 91.7 Å². The number of carbonyl (C=O) groups is 2. The summed E-state index contributed by atoms with van der Waals surface area (Å²) in [5, 5.41) is 6.64. The molecule has 8 heteroatoms. The Kier molecular flexibility index (Phi) is 5.99. The summed E-state index contributed by atoms with van der Waals surface area (Å²) in [5.74, 6) is 0.0630. The van der Waals surface area contributed by atoms with Crippen molar-refractivity contribution in [2.75, 3.05) is 25.6 Å². The number of carbonyl (C=O) groups excluding carboxylic acids is 2. The number of benzene rings is 1. The number of esters is 1. The molecule has 0 fully saturated rings. The van der Waals surface area contributed by atoms with Gasteiger partial charge in [-0.3, -0.25) is 9.48 Å². The average Bonchev–Trinajstić information content (AvgIpc) is 2.96. The lowest BCUT2D eigenvalue weighted by Crippen LogP contribution is -2.16. The maximum Gasteiger partial charge on any atom is 0.358 e. The van der Waals surface area contributed by atoms with E-state index in [9.17, 15) is 9.59 Å². The van der Waals surface area contributed by atoms with Gasteiger partial charge in [0.25, 0.3) is 5.91 Å². The van der Waals surface area contributed by atoms with Crippen molar-refractivity contribution in [3.8, 4) is 11.5 Å². The minimum Gasteiger partial charge on any atom is -0.490 e. The van der Waals surface area contributed by atoms with Crippen molar-refractivity contribution in [3.05, 3.63) is 35.7 Å². The van der Waals surface area contributed by atoms with Crippen molar-refractivity contribution < 1.29 is 23.8 Å². The Bertz CT molecular complexity index is 770. The monoisotopic (exact) mass is 347 g/mol. The Morgan fingerprint density at radius 1 is 1.16 bits per heavy atom. The fourth-order valence-electron chi connectivity index (χ4n) is 2.25. The lowest BCUT2D eigenvalue weighted by atomic mass is 10.2. The third-order valence-corrected chi connectivity index (χ3v) is 3.37. The van der Waals surface area contributed by atoms with Gasteiger partial charge in [0.15, 0.2) is 17.2 Å². The molecule has 134 valence electrons. The van der Waals surface area contributed by atoms with Crippen LogP contribution in [0.5, 0.6) is 11.5 Å². The molecule has 2 aromatic rings. The van der Waals surface area contributed by atoms with Crippen molar-refractivity contribution in [3.63, 3.8) is 0 Å². The second-order valence-corrected chi connectivity index (χ2v) is 5.00. The van der Waals surface area contributed by atoms with Crippen LogP contribution in [0, 0.1) is 0 Å². The number of rotatable bonds is 7. The van der Waals surface area contributed by atoms with E-state index >= 15 is 0 Å². The highest BCUT2D eigenvalue weighted by molar-refractivity contribution is 6.07. The van der Waals surface area contributed by atoms with E-state index in [0.717, 1.165) is 0 Å². The summed E-state index contributed by atoms with van der Waals surface area (Å²) in [5.41, 5.74) is 0.796. The Labute approximate surface area is 145 Å². The van der Waals surface area contributed by atoms with Gasteiger partial charge in [-0.15, -0.1) is 0 Å². The number of anilines is 1. The third-order valence-electron chi connectivity index (χ3n) is 3.37. The van der Waals surface area contributed by atoms with Crippen LogP contribution in [0.2, 0.25) is 0 Å². The highest BCUT2D eigenvalue weighted by Gasteiger charge is 2.20. The predicted octanol–water partition coefficient (Wildman–Crippen LogP) is 2.26. The van der Waals surface area contributed by atoms with Crippen molar-refractivity contribution in [1.29, 1.82) is 0 Å². The molecule has 0 aliphatic heterocycles. The van der Waals surface area contributed by atoms with Crippen molar-refractivity contribution in [2.24, 2.45) is 7.05 Å². The molecule has 1 N–H and O–H groups in total. The van der Waals surface area contributed by atoms with E-state index in [1.165, 1.54) is 18.0 Å². The van der Waals surface area contributed by atoms with Crippen LogP contribution >= 0.6 is 0 Å². The van der Waals surface area contributed by atoms with Gasteiger partial charge >= 0.3 is 5.97 Å². The van der Waals surface area contributed by atoms with Crippen LogP contribution in [-0.4, -0.2) is 42.0 Å². The van der Waals surface area contributed by atoms with E-state index in [2.05, 4.69) is 10.4 Å². The number of amides is 1. The number of nitrogens with one attached hydrogen (secondary N) is 1. The van der Waals surface area contributed by atoms with E-state index in [4.69, 9.17) is 14.2 Å². The molecule has 0 saturated heterocycles. The molecule has 0 aliphatic carbocycles. The summed E-state index contributed by atoms with van der Waals surface area (Å²) < 4.78 is 17.0. The minimum absolute atomic E-state index is 0.159. The molecule has 0 saturated carbocycles. The molecule has 0 spiro atoms. The van der Waals surface area contributed by atoms with Crippen LogP contribution in [0.1, 0.15) is 34.7 Å². The number of aromatic nitrogens is 2. The summed E-state index contributed by atoms with van der Waals surface area (Å²) in [7, 11) is 2.85. The molecule has 1 amide bonds. The highest BCUT2D eigenvalue weighted by atomic mass is 16.5. The largest absolute Gasteiger partial charge is 0.490 e. The van der Waals surface area contributed by atoms with Gasteiger partial charge in [-0.2, -0.15) is 5.10 Å². The van der Waals surface area contributed by atoms with E-state index in [0.29, 0.717) is 30.3 Å². The van der Waals surface area contributed by atoms with Crippen LogP contribution in [0.4, 0.5) is 5.69 Å². The summed E-state index contributed by atoms with van der Waals surface area (Å²) in [6.07, 6.45) is 1.39. The number of ether oxygens (including phenoxy) is 3. The zero-order valence-corrected chi connectivity index (χ0v) is 14.7. The molecule has 0 atom stereocenters. The average molecular weight is 347 g/mol. The molecule has 2 rings (SSSR count). The van der Waals surface area contributed by atoms with E-state index < -0.39 is 11.9 Å². The van der Waals surface area contributed by atoms with Gasteiger partial charge < -0.3 is 19.5 Å². The molecular formula is C17H21N3O5. The number of aryl methyl sites for hydroxylation is 1. The fraction of sp³-hybridized carbons (Fsp3) is 0.353. The zero-order chi connectivity index (χ0) is 18.4. The van der Waals surface area contributed by atoms with Crippen molar-refractivity contribution >= 4 is 17.6 Å². The molecule has 1 aromatic carbocycles. The van der Waals surface area contributed by atoms with Crippen LogP contribution in [-0.2, 0) is 11.8 Å². The molecule has 0 aliphatic rings. The SMILES string of the molecule is CCOc1ccc(C(=O)Nc2cnn(C)c2C(=O)OC)cc1OCC. The molecule has 25 heavy (non-hydrogen) atoms. The summed E-state index contributed by atoms with van der Waals surface area (Å²) in [6, 6.07) is 4.89. The van der Waals surface area contributed by atoms with Gasteiger partial charge in [0.05, 0.1) is 32.2 Å². The van der Waals surface area contributed by atoms with Gasteiger partial charge in [0.1, 0.15) is 0 Å². The number of nitrogens with zero attached hydrogens (tertiary/aromatic N) is 2. The van der Waals surface area contributed by atoms with Crippen molar-refractivity contribution in [2.45, 2.75) is 13.8 Å². The first-order valence-electron chi connectivity index (χ1n) is 7.83. The minimum atomic E-state index is -0.586. The lowest BCUT2D eigenvalue weighted by molar-refractivity contribution is 0.0589. The quantitative estimate of drug-likeness (QED) is 0.773. The standard InChI is InChI=1S/C17H21N3O5/c1-5-24-13-8-7-11(9-14(13)25-6-2)16(21)19-12-10-18-20(3)15(12)17(22)23-4/h7-10H,5-6H2,1-4H3,(H,19,21). The summed E-state index contributed by atoms with van der Waals surface area (Å²) in [4.78, 5) is 24.3. The lowest BCUT2D eigenvalue weighted by Gasteiger charge is -2.12. The fourth-order valence-corrected chi connectivity index (χ4v) is 2.25. The molecule has 1 aromatic heterocycles. The van der Waals surface area contributed by atoms with Gasteiger partial charge in [-0.05, 0) is 32.0 Å². The molecule has 8 nitrogen and oxygen atoms in total. The van der Waals surface area contributed by atoms with Gasteiger partial charge in [0.2, 0.25) is 0 Å². The van der Waals surface area contributed by atoms with Gasteiger partial charge in [-0.25, -0.2) is 4.79 Å². The van der Waals surface area contributed by atoms with E-state index in [1.807, 2.05) is 13.8 Å². The van der Waals surface area contributed by atoms with Crippen LogP contribution in [0.25, 0.3) is 0 Å². The van der Waals surface area contributed by atoms with E-state index in [-0.39, 0.29) is 11.4 Å². The maximum absolute atomic E-state index is 12.5. The molecule has 0 unspecified atom stereocenters. The van der Waals surface area contributed by atoms with Gasteiger partial charge in [0, 0.05) is 12.6 Å². The first-order valence-corrected chi connectivity index (χ1v) is 7.83. The maximum atomic E-state index is 12.5. The Morgan fingerprint density at radius 3 is 2.48 bits per heavy atom. The number of methoxy groups -OCH3 is 1. The highest BCUT2D eigenvalue weighted by Crippen LogP contribution is 2.29. The van der Waals surface area contributed by atoms with Crippen LogP contribution in [0.15, 0.2) is 24.4 Å². The van der Waals surface area contributed by atoms with Gasteiger partial charge in [-0.1, -0.05) is 0 Å². The first-order chi connectivity index (χ1) is 12.0. The predicted molar refractivity (Wildman–Crippen MR) is 91.3 cm³/mol. The zero-order valence-electron chi connectivity index (χ0n) is 14.7. The molecule has 0 radical (unpaired) electrons. The van der Waals surface area contributed by atoms with Crippen LogP contribution < -0.4 is 14.8 Å². The van der Waals surface area contributed by atoms with E-state index in [1.54, 1.807) is 25.2 Å². The summed E-state index contributed by atoms with van der Waals surface area (Å²) in [6.45, 7) is 4.65. The molecule has 0 bridgehead atoms. The Hall–Kier alpha value is -3.03. The number of hydrogen-bond acceptors (Lipinski definition) is 6. The third kappa shape index (κ3) is 4.09. The molecule has 1 heterocycles. The second-order valence-electron chi connectivity index (χ2n) is 5.00. The Morgan fingerprint density at radius 2 is 1.84 bits per heavy atom.